The highest BCUT2D eigenvalue weighted by Crippen LogP contribution is 2.10. The van der Waals surface area contributed by atoms with E-state index in [0.717, 1.165) is 26.2 Å². The van der Waals surface area contributed by atoms with Crippen LogP contribution in [0.2, 0.25) is 0 Å². The molecule has 112 valence electrons. The second kappa shape index (κ2) is 7.77. The van der Waals surface area contributed by atoms with E-state index in [1.54, 1.807) is 0 Å². The van der Waals surface area contributed by atoms with E-state index >= 15 is 0 Å². The average Bonchev–Trinajstić information content (AvgIpc) is 2.89. The maximum absolute atomic E-state index is 3.66. The highest BCUT2D eigenvalue weighted by molar-refractivity contribution is 5.22. The number of benzene rings is 1. The SMILES string of the molecule is CCN(CC)Cc1ccc(CNC2CCN(C)C2)cc1. The van der Waals surface area contributed by atoms with E-state index in [9.17, 15) is 0 Å². The van der Waals surface area contributed by atoms with Crippen LogP contribution >= 0.6 is 0 Å². The van der Waals surface area contributed by atoms with Gasteiger partial charge in [0.2, 0.25) is 0 Å². The molecule has 1 N–H and O–H groups in total. The van der Waals surface area contributed by atoms with Crippen LogP contribution < -0.4 is 5.32 Å². The molecule has 1 saturated heterocycles. The summed E-state index contributed by atoms with van der Waals surface area (Å²) < 4.78 is 0. The molecule has 1 atom stereocenters. The standard InChI is InChI=1S/C17H29N3/c1-4-20(5-2)13-16-8-6-15(7-9-16)12-18-17-10-11-19(3)14-17/h6-9,17-18H,4-5,10-14H2,1-3H3. The molecule has 1 aliphatic heterocycles. The van der Waals surface area contributed by atoms with E-state index in [0.29, 0.717) is 6.04 Å². The van der Waals surface area contributed by atoms with Crippen LogP contribution in [0.5, 0.6) is 0 Å². The number of nitrogens with one attached hydrogen (secondary N) is 1. The molecule has 0 aliphatic carbocycles. The molecule has 0 spiro atoms. The fraction of sp³-hybridized carbons (Fsp3) is 0.647. The molecule has 1 unspecified atom stereocenters. The van der Waals surface area contributed by atoms with Gasteiger partial charge in [-0.3, -0.25) is 4.90 Å². The highest BCUT2D eigenvalue weighted by Gasteiger charge is 2.18. The van der Waals surface area contributed by atoms with Gasteiger partial charge >= 0.3 is 0 Å². The van der Waals surface area contributed by atoms with E-state index in [1.165, 1.54) is 30.6 Å². The van der Waals surface area contributed by atoms with Crippen LogP contribution in [0, 0.1) is 0 Å². The first-order valence-electron chi connectivity index (χ1n) is 7.93. The van der Waals surface area contributed by atoms with Crippen LogP contribution in [0.1, 0.15) is 31.4 Å². The first kappa shape index (κ1) is 15.5. The average molecular weight is 275 g/mol. The van der Waals surface area contributed by atoms with Gasteiger partial charge in [-0.05, 0) is 44.2 Å². The fourth-order valence-electron chi connectivity index (χ4n) is 2.83. The van der Waals surface area contributed by atoms with Gasteiger partial charge < -0.3 is 10.2 Å². The summed E-state index contributed by atoms with van der Waals surface area (Å²) in [6.07, 6.45) is 1.27. The third kappa shape index (κ3) is 4.58. The third-order valence-electron chi connectivity index (χ3n) is 4.31. The maximum atomic E-state index is 3.66. The number of nitrogens with zero attached hydrogens (tertiary/aromatic N) is 2. The Morgan fingerprint density at radius 2 is 1.80 bits per heavy atom. The number of hydrogen-bond donors (Lipinski definition) is 1. The normalized spacial score (nSPS) is 19.9. The highest BCUT2D eigenvalue weighted by atomic mass is 15.2. The molecule has 1 aliphatic rings. The number of likely N-dealkylation sites (tertiary alicyclic amines) is 1. The van der Waals surface area contributed by atoms with E-state index in [4.69, 9.17) is 0 Å². The summed E-state index contributed by atoms with van der Waals surface area (Å²) in [6, 6.07) is 9.75. The predicted octanol–water partition coefficient (Wildman–Crippen LogP) is 2.32. The summed E-state index contributed by atoms with van der Waals surface area (Å²) in [5, 5.41) is 3.66. The summed E-state index contributed by atoms with van der Waals surface area (Å²) in [6.45, 7) is 11.1. The Morgan fingerprint density at radius 3 is 2.35 bits per heavy atom. The zero-order valence-electron chi connectivity index (χ0n) is 13.2. The lowest BCUT2D eigenvalue weighted by atomic mass is 10.1. The molecule has 2 rings (SSSR count). The van der Waals surface area contributed by atoms with Crippen LogP contribution in [-0.2, 0) is 13.1 Å². The molecular weight excluding hydrogens is 246 g/mol. The molecule has 1 fully saturated rings. The third-order valence-corrected chi connectivity index (χ3v) is 4.31. The van der Waals surface area contributed by atoms with Crippen LogP contribution in [0.4, 0.5) is 0 Å². The molecule has 1 aromatic rings. The van der Waals surface area contributed by atoms with Gasteiger partial charge in [-0.1, -0.05) is 38.1 Å². The first-order chi connectivity index (χ1) is 9.71. The van der Waals surface area contributed by atoms with Crippen molar-refractivity contribution in [3.8, 4) is 0 Å². The second-order valence-electron chi connectivity index (χ2n) is 5.91. The van der Waals surface area contributed by atoms with E-state index < -0.39 is 0 Å². The minimum absolute atomic E-state index is 0.662. The van der Waals surface area contributed by atoms with Crippen molar-refractivity contribution in [3.63, 3.8) is 0 Å². The van der Waals surface area contributed by atoms with Gasteiger partial charge in [-0.2, -0.15) is 0 Å². The minimum atomic E-state index is 0.662. The van der Waals surface area contributed by atoms with Gasteiger partial charge in [0.1, 0.15) is 0 Å². The van der Waals surface area contributed by atoms with Crippen LogP contribution in [0.15, 0.2) is 24.3 Å². The summed E-state index contributed by atoms with van der Waals surface area (Å²) >= 11 is 0. The molecule has 1 aromatic carbocycles. The Bertz CT molecular complexity index is 384. The molecule has 0 radical (unpaired) electrons. The number of rotatable bonds is 7. The van der Waals surface area contributed by atoms with Crippen molar-refractivity contribution in [3.05, 3.63) is 35.4 Å². The first-order valence-corrected chi connectivity index (χ1v) is 7.93. The van der Waals surface area contributed by atoms with Gasteiger partial charge in [-0.15, -0.1) is 0 Å². The molecule has 1 heterocycles. The summed E-state index contributed by atoms with van der Waals surface area (Å²) in [4.78, 5) is 4.84. The summed E-state index contributed by atoms with van der Waals surface area (Å²) in [5.74, 6) is 0. The van der Waals surface area contributed by atoms with Crippen molar-refractivity contribution in [2.75, 3.05) is 33.2 Å². The fourth-order valence-corrected chi connectivity index (χ4v) is 2.83. The molecule has 3 nitrogen and oxygen atoms in total. The van der Waals surface area contributed by atoms with Gasteiger partial charge in [0.15, 0.2) is 0 Å². The van der Waals surface area contributed by atoms with Crippen molar-refractivity contribution >= 4 is 0 Å². The zero-order valence-corrected chi connectivity index (χ0v) is 13.2. The molecule has 0 bridgehead atoms. The minimum Gasteiger partial charge on any atom is -0.309 e. The van der Waals surface area contributed by atoms with Crippen molar-refractivity contribution in [1.82, 2.24) is 15.1 Å². The smallest absolute Gasteiger partial charge is 0.0233 e. The van der Waals surface area contributed by atoms with Crippen LogP contribution in [0.3, 0.4) is 0 Å². The summed E-state index contributed by atoms with van der Waals surface area (Å²) in [5.41, 5.74) is 2.81. The van der Waals surface area contributed by atoms with Crippen molar-refractivity contribution < 1.29 is 0 Å². The lowest BCUT2D eigenvalue weighted by Gasteiger charge is -2.18. The zero-order chi connectivity index (χ0) is 14.4. The van der Waals surface area contributed by atoms with E-state index in [-0.39, 0.29) is 0 Å². The molecular formula is C17H29N3. The van der Waals surface area contributed by atoms with Crippen LogP contribution in [0.25, 0.3) is 0 Å². The Morgan fingerprint density at radius 1 is 1.15 bits per heavy atom. The van der Waals surface area contributed by atoms with Crippen molar-refractivity contribution in [1.29, 1.82) is 0 Å². The molecule has 3 heteroatoms. The molecule has 20 heavy (non-hydrogen) atoms. The van der Waals surface area contributed by atoms with E-state index in [2.05, 4.69) is 60.3 Å². The Balaban J connectivity index is 1.79. The Kier molecular flexibility index (Phi) is 6.02. The Hall–Kier alpha value is -0.900. The van der Waals surface area contributed by atoms with Crippen LogP contribution in [-0.4, -0.2) is 49.1 Å². The lowest BCUT2D eigenvalue weighted by Crippen LogP contribution is -2.30. The van der Waals surface area contributed by atoms with E-state index in [1.807, 2.05) is 0 Å². The van der Waals surface area contributed by atoms with Crippen molar-refractivity contribution in [2.24, 2.45) is 0 Å². The van der Waals surface area contributed by atoms with Gasteiger partial charge in [0.25, 0.3) is 0 Å². The largest absolute Gasteiger partial charge is 0.309 e. The van der Waals surface area contributed by atoms with Crippen molar-refractivity contribution in [2.45, 2.75) is 39.4 Å². The number of hydrogen-bond acceptors (Lipinski definition) is 3. The molecule has 0 aromatic heterocycles. The Labute approximate surface area is 124 Å². The summed E-state index contributed by atoms with van der Waals surface area (Å²) in [7, 11) is 2.20. The number of likely N-dealkylation sites (N-methyl/N-ethyl adjacent to an activating group) is 1. The van der Waals surface area contributed by atoms with Gasteiger partial charge in [0.05, 0.1) is 0 Å². The maximum Gasteiger partial charge on any atom is 0.0233 e. The second-order valence-corrected chi connectivity index (χ2v) is 5.91. The quantitative estimate of drug-likeness (QED) is 0.824. The van der Waals surface area contributed by atoms with Gasteiger partial charge in [-0.25, -0.2) is 0 Å². The molecule has 0 amide bonds. The monoisotopic (exact) mass is 275 g/mol. The lowest BCUT2D eigenvalue weighted by molar-refractivity contribution is 0.296. The topological polar surface area (TPSA) is 18.5 Å². The molecule has 0 saturated carbocycles. The predicted molar refractivity (Wildman–Crippen MR) is 85.8 cm³/mol. The van der Waals surface area contributed by atoms with Gasteiger partial charge in [0, 0.05) is 25.7 Å².